The predicted molar refractivity (Wildman–Crippen MR) is 61.3 cm³/mol. The number of hydrogen-bond donors (Lipinski definition) is 1. The van der Waals surface area contributed by atoms with Crippen LogP contribution in [0.3, 0.4) is 0 Å². The molecule has 2 aliphatic rings. The molecule has 1 fully saturated rings. The Labute approximate surface area is 92.3 Å². The highest BCUT2D eigenvalue weighted by molar-refractivity contribution is 5.26. The third-order valence-electron chi connectivity index (χ3n) is 3.36. The van der Waals surface area contributed by atoms with E-state index in [0.29, 0.717) is 5.92 Å². The SMILES string of the molecule is CCCCCNOC12C=C=C(C)CC1C2. The molecule has 0 spiro atoms. The zero-order valence-electron chi connectivity index (χ0n) is 9.81. The lowest BCUT2D eigenvalue weighted by Crippen LogP contribution is -2.27. The van der Waals surface area contributed by atoms with Gasteiger partial charge in [0.25, 0.3) is 0 Å². The van der Waals surface area contributed by atoms with Crippen LogP contribution in [0.5, 0.6) is 0 Å². The number of nitrogens with one attached hydrogen (secondary N) is 1. The molecule has 0 aromatic heterocycles. The molecule has 2 atom stereocenters. The molecule has 0 bridgehead atoms. The highest BCUT2D eigenvalue weighted by atomic mass is 16.7. The lowest BCUT2D eigenvalue weighted by Gasteiger charge is -2.16. The minimum atomic E-state index is 0.00568. The van der Waals surface area contributed by atoms with E-state index in [1.54, 1.807) is 0 Å². The van der Waals surface area contributed by atoms with Crippen molar-refractivity contribution in [3.05, 3.63) is 17.4 Å². The Morgan fingerprint density at radius 2 is 2.47 bits per heavy atom. The van der Waals surface area contributed by atoms with Crippen molar-refractivity contribution in [2.24, 2.45) is 5.92 Å². The van der Waals surface area contributed by atoms with Gasteiger partial charge in [-0.15, -0.1) is 5.73 Å². The van der Waals surface area contributed by atoms with E-state index in [-0.39, 0.29) is 5.60 Å². The molecule has 2 nitrogen and oxygen atoms in total. The Morgan fingerprint density at radius 1 is 1.60 bits per heavy atom. The molecule has 1 N–H and O–H groups in total. The predicted octanol–water partition coefficient (Wildman–Crippen LogP) is 2.96. The summed E-state index contributed by atoms with van der Waals surface area (Å²) in [6.45, 7) is 5.33. The number of unbranched alkanes of at least 4 members (excludes halogenated alkanes) is 2. The topological polar surface area (TPSA) is 21.3 Å². The summed E-state index contributed by atoms with van der Waals surface area (Å²) in [6.07, 6.45) is 8.18. The average Bonchev–Trinajstić information content (AvgIpc) is 2.91. The molecule has 15 heavy (non-hydrogen) atoms. The third-order valence-corrected chi connectivity index (χ3v) is 3.36. The first-order valence-corrected chi connectivity index (χ1v) is 6.11. The number of hydroxylamine groups is 1. The van der Waals surface area contributed by atoms with E-state index < -0.39 is 0 Å². The van der Waals surface area contributed by atoms with Gasteiger partial charge in [0.15, 0.2) is 0 Å². The fraction of sp³-hybridized carbons (Fsp3) is 0.769. The van der Waals surface area contributed by atoms with Crippen molar-refractivity contribution in [2.75, 3.05) is 6.54 Å². The van der Waals surface area contributed by atoms with E-state index in [1.165, 1.54) is 24.8 Å². The maximum atomic E-state index is 5.76. The van der Waals surface area contributed by atoms with E-state index in [4.69, 9.17) is 4.84 Å². The molecular formula is C13H21NO. The molecule has 0 saturated heterocycles. The van der Waals surface area contributed by atoms with E-state index in [0.717, 1.165) is 19.4 Å². The van der Waals surface area contributed by atoms with Gasteiger partial charge in [-0.25, -0.2) is 5.48 Å². The fourth-order valence-corrected chi connectivity index (χ4v) is 2.21. The second kappa shape index (κ2) is 4.52. The fourth-order valence-electron chi connectivity index (χ4n) is 2.21. The zero-order valence-corrected chi connectivity index (χ0v) is 9.81. The average molecular weight is 207 g/mol. The van der Waals surface area contributed by atoms with Crippen LogP contribution in [-0.2, 0) is 4.84 Å². The molecule has 0 radical (unpaired) electrons. The summed E-state index contributed by atoms with van der Waals surface area (Å²) >= 11 is 0. The Balaban J connectivity index is 1.70. The first-order chi connectivity index (χ1) is 7.27. The van der Waals surface area contributed by atoms with E-state index in [9.17, 15) is 0 Å². The Kier molecular flexibility index (Phi) is 3.30. The highest BCUT2D eigenvalue weighted by Crippen LogP contribution is 2.52. The van der Waals surface area contributed by atoms with Gasteiger partial charge in [0, 0.05) is 12.5 Å². The van der Waals surface area contributed by atoms with E-state index in [1.807, 2.05) is 0 Å². The van der Waals surface area contributed by atoms with Crippen LogP contribution in [0.4, 0.5) is 0 Å². The van der Waals surface area contributed by atoms with Crippen molar-refractivity contribution in [1.82, 2.24) is 5.48 Å². The van der Waals surface area contributed by atoms with Gasteiger partial charge < -0.3 is 0 Å². The molecule has 0 aromatic carbocycles. The quantitative estimate of drug-likeness (QED) is 0.411. The molecule has 0 amide bonds. The molecule has 2 heteroatoms. The van der Waals surface area contributed by atoms with Crippen LogP contribution in [0.15, 0.2) is 17.4 Å². The second-order valence-electron chi connectivity index (χ2n) is 4.83. The molecule has 2 unspecified atom stereocenters. The van der Waals surface area contributed by atoms with Gasteiger partial charge in [-0.05, 0) is 37.8 Å². The van der Waals surface area contributed by atoms with Gasteiger partial charge >= 0.3 is 0 Å². The first-order valence-electron chi connectivity index (χ1n) is 6.11. The molecule has 84 valence electrons. The summed E-state index contributed by atoms with van der Waals surface area (Å²) in [5, 5.41) is 0. The van der Waals surface area contributed by atoms with Crippen LogP contribution in [0.2, 0.25) is 0 Å². The summed E-state index contributed by atoms with van der Waals surface area (Å²) in [5.74, 6) is 0.706. The second-order valence-corrected chi connectivity index (χ2v) is 4.83. The monoisotopic (exact) mass is 207 g/mol. The third kappa shape index (κ3) is 2.52. The van der Waals surface area contributed by atoms with E-state index in [2.05, 4.69) is 31.1 Å². The minimum Gasteiger partial charge on any atom is -0.290 e. The van der Waals surface area contributed by atoms with E-state index >= 15 is 0 Å². The molecule has 0 aromatic rings. The van der Waals surface area contributed by atoms with Crippen molar-refractivity contribution in [1.29, 1.82) is 0 Å². The summed E-state index contributed by atoms with van der Waals surface area (Å²) in [7, 11) is 0. The lowest BCUT2D eigenvalue weighted by atomic mass is 10.0. The van der Waals surface area contributed by atoms with Crippen LogP contribution in [-0.4, -0.2) is 12.1 Å². The van der Waals surface area contributed by atoms with Crippen LogP contribution in [0.1, 0.15) is 46.0 Å². The highest BCUT2D eigenvalue weighted by Gasteiger charge is 2.55. The van der Waals surface area contributed by atoms with Crippen molar-refractivity contribution in [3.63, 3.8) is 0 Å². The Morgan fingerprint density at radius 3 is 3.20 bits per heavy atom. The zero-order chi connectivity index (χ0) is 10.7. The van der Waals surface area contributed by atoms with Crippen LogP contribution in [0.25, 0.3) is 0 Å². The maximum Gasteiger partial charge on any atom is 0.119 e. The standard InChI is InChI=1S/C13H21NO/c1-3-4-5-8-14-15-13-7-6-11(2)9-12(13)10-13/h7,12,14H,3-5,8-10H2,1-2H3. The smallest absolute Gasteiger partial charge is 0.119 e. The normalized spacial score (nSPS) is 32.4. The van der Waals surface area contributed by atoms with Crippen molar-refractivity contribution in [2.45, 2.75) is 51.6 Å². The number of hydrogen-bond acceptors (Lipinski definition) is 2. The van der Waals surface area contributed by atoms with Crippen LogP contribution < -0.4 is 5.48 Å². The van der Waals surface area contributed by atoms with Gasteiger partial charge in [-0.3, -0.25) is 4.84 Å². The largest absolute Gasteiger partial charge is 0.290 e. The van der Waals surface area contributed by atoms with Gasteiger partial charge in [-0.1, -0.05) is 19.8 Å². The minimum absolute atomic E-state index is 0.00568. The van der Waals surface area contributed by atoms with Crippen LogP contribution in [0, 0.1) is 5.92 Å². The molecule has 2 aliphatic carbocycles. The summed E-state index contributed by atoms with van der Waals surface area (Å²) in [4.78, 5) is 5.76. The molecule has 2 rings (SSSR count). The van der Waals surface area contributed by atoms with Gasteiger partial charge in [0.05, 0.1) is 0 Å². The van der Waals surface area contributed by atoms with Crippen molar-refractivity contribution < 1.29 is 4.84 Å². The lowest BCUT2D eigenvalue weighted by molar-refractivity contribution is -0.0260. The maximum absolute atomic E-state index is 5.76. The first kappa shape index (κ1) is 10.9. The van der Waals surface area contributed by atoms with Crippen LogP contribution >= 0.6 is 0 Å². The molecule has 0 aliphatic heterocycles. The van der Waals surface area contributed by atoms with Gasteiger partial charge in [0.2, 0.25) is 0 Å². The summed E-state index contributed by atoms with van der Waals surface area (Å²) in [5.41, 5.74) is 7.77. The number of rotatable bonds is 6. The summed E-state index contributed by atoms with van der Waals surface area (Å²) < 4.78 is 0. The Hall–Kier alpha value is -0.560. The molecular weight excluding hydrogens is 186 g/mol. The Bertz CT molecular complexity index is 291. The van der Waals surface area contributed by atoms with Crippen molar-refractivity contribution >= 4 is 0 Å². The molecule has 0 heterocycles. The van der Waals surface area contributed by atoms with Gasteiger partial charge in [0.1, 0.15) is 5.60 Å². The van der Waals surface area contributed by atoms with Crippen molar-refractivity contribution in [3.8, 4) is 0 Å². The number of fused-ring (bicyclic) bond motifs is 1. The van der Waals surface area contributed by atoms with Gasteiger partial charge in [-0.2, -0.15) is 0 Å². The summed E-state index contributed by atoms with van der Waals surface area (Å²) in [6, 6.07) is 0. The molecule has 1 saturated carbocycles.